The monoisotopic (exact) mass is 251 g/mol. The van der Waals surface area contributed by atoms with E-state index in [1.165, 1.54) is 12.1 Å². The SMILES string of the molecule is Cc1ccc([N+](=O)[O-])cc1C(=O)NC(C)(C)CN. The molecule has 0 saturated carbocycles. The van der Waals surface area contributed by atoms with E-state index in [9.17, 15) is 14.9 Å². The number of hydrogen-bond donors (Lipinski definition) is 2. The zero-order valence-corrected chi connectivity index (χ0v) is 10.7. The maximum atomic E-state index is 12.0. The van der Waals surface area contributed by atoms with Gasteiger partial charge in [0.2, 0.25) is 0 Å². The van der Waals surface area contributed by atoms with Crippen molar-refractivity contribution in [1.29, 1.82) is 0 Å². The number of hydrogen-bond acceptors (Lipinski definition) is 4. The topological polar surface area (TPSA) is 98.3 Å². The molecule has 98 valence electrons. The number of rotatable bonds is 4. The van der Waals surface area contributed by atoms with Gasteiger partial charge >= 0.3 is 0 Å². The van der Waals surface area contributed by atoms with E-state index in [0.29, 0.717) is 11.1 Å². The van der Waals surface area contributed by atoms with Gasteiger partial charge in [-0.15, -0.1) is 0 Å². The standard InChI is InChI=1S/C12H17N3O3/c1-8-4-5-9(15(17)18)6-10(8)11(16)14-12(2,3)7-13/h4-6H,7,13H2,1-3H3,(H,14,16). The Kier molecular flexibility index (Phi) is 4.03. The van der Waals surface area contributed by atoms with Gasteiger partial charge < -0.3 is 11.1 Å². The third-order valence-corrected chi connectivity index (χ3v) is 2.64. The lowest BCUT2D eigenvalue weighted by molar-refractivity contribution is -0.384. The van der Waals surface area contributed by atoms with Crippen LogP contribution in [0.15, 0.2) is 18.2 Å². The quantitative estimate of drug-likeness (QED) is 0.623. The molecule has 6 heteroatoms. The Balaban J connectivity index is 3.05. The Morgan fingerprint density at radius 3 is 2.61 bits per heavy atom. The minimum absolute atomic E-state index is 0.101. The molecule has 0 aromatic heterocycles. The summed E-state index contributed by atoms with van der Waals surface area (Å²) in [5.41, 5.74) is 5.86. The summed E-state index contributed by atoms with van der Waals surface area (Å²) in [6, 6.07) is 4.21. The molecule has 1 aromatic rings. The maximum absolute atomic E-state index is 12.0. The molecule has 1 amide bonds. The average Bonchev–Trinajstić information content (AvgIpc) is 2.28. The summed E-state index contributed by atoms with van der Waals surface area (Å²) < 4.78 is 0. The van der Waals surface area contributed by atoms with Crippen LogP contribution in [-0.4, -0.2) is 22.9 Å². The maximum Gasteiger partial charge on any atom is 0.270 e. The number of nitro benzene ring substituents is 1. The van der Waals surface area contributed by atoms with E-state index >= 15 is 0 Å². The van der Waals surface area contributed by atoms with Crippen molar-refractivity contribution in [2.45, 2.75) is 26.3 Å². The first-order valence-corrected chi connectivity index (χ1v) is 5.54. The van der Waals surface area contributed by atoms with Crippen molar-refractivity contribution in [2.24, 2.45) is 5.73 Å². The number of nitrogens with zero attached hydrogens (tertiary/aromatic N) is 1. The van der Waals surface area contributed by atoms with Gasteiger partial charge in [0, 0.05) is 29.8 Å². The second-order valence-electron chi connectivity index (χ2n) is 4.80. The van der Waals surface area contributed by atoms with Crippen LogP contribution in [0.25, 0.3) is 0 Å². The minimum Gasteiger partial charge on any atom is -0.346 e. The Morgan fingerprint density at radius 1 is 1.50 bits per heavy atom. The molecule has 0 aliphatic carbocycles. The van der Waals surface area contributed by atoms with Gasteiger partial charge in [0.05, 0.1) is 4.92 Å². The summed E-state index contributed by atoms with van der Waals surface area (Å²) in [7, 11) is 0. The number of nitrogens with two attached hydrogens (primary N) is 1. The number of aryl methyl sites for hydroxylation is 1. The highest BCUT2D eigenvalue weighted by atomic mass is 16.6. The lowest BCUT2D eigenvalue weighted by atomic mass is 10.0. The first-order chi connectivity index (χ1) is 8.26. The highest BCUT2D eigenvalue weighted by molar-refractivity contribution is 5.96. The van der Waals surface area contributed by atoms with E-state index in [1.807, 2.05) is 0 Å². The van der Waals surface area contributed by atoms with Gasteiger partial charge in [-0.05, 0) is 26.3 Å². The minimum atomic E-state index is -0.547. The molecule has 3 N–H and O–H groups in total. The lowest BCUT2D eigenvalue weighted by Crippen LogP contribution is -2.49. The van der Waals surface area contributed by atoms with Crippen LogP contribution in [0.5, 0.6) is 0 Å². The zero-order chi connectivity index (χ0) is 13.9. The van der Waals surface area contributed by atoms with Gasteiger partial charge in [-0.3, -0.25) is 14.9 Å². The molecule has 18 heavy (non-hydrogen) atoms. The van der Waals surface area contributed by atoms with Crippen molar-refractivity contribution >= 4 is 11.6 Å². The van der Waals surface area contributed by atoms with Crippen molar-refractivity contribution in [2.75, 3.05) is 6.54 Å². The molecular formula is C12H17N3O3. The van der Waals surface area contributed by atoms with E-state index in [0.717, 1.165) is 0 Å². The Morgan fingerprint density at radius 2 is 2.11 bits per heavy atom. The lowest BCUT2D eigenvalue weighted by Gasteiger charge is -2.24. The van der Waals surface area contributed by atoms with Gasteiger partial charge in [-0.25, -0.2) is 0 Å². The van der Waals surface area contributed by atoms with Crippen LogP contribution < -0.4 is 11.1 Å². The van der Waals surface area contributed by atoms with Crippen molar-refractivity contribution in [3.8, 4) is 0 Å². The number of non-ortho nitro benzene ring substituents is 1. The van der Waals surface area contributed by atoms with Gasteiger partial charge in [-0.2, -0.15) is 0 Å². The zero-order valence-electron chi connectivity index (χ0n) is 10.7. The number of amides is 1. The van der Waals surface area contributed by atoms with Crippen molar-refractivity contribution in [3.63, 3.8) is 0 Å². The van der Waals surface area contributed by atoms with Gasteiger partial charge in [0.1, 0.15) is 0 Å². The van der Waals surface area contributed by atoms with Crippen LogP contribution >= 0.6 is 0 Å². The summed E-state index contributed by atoms with van der Waals surface area (Å²) in [5, 5.41) is 13.4. The summed E-state index contributed by atoms with van der Waals surface area (Å²) in [4.78, 5) is 22.2. The molecule has 0 spiro atoms. The first kappa shape index (κ1) is 14.1. The van der Waals surface area contributed by atoms with Crippen molar-refractivity contribution in [3.05, 3.63) is 39.4 Å². The van der Waals surface area contributed by atoms with Crippen LogP contribution in [0, 0.1) is 17.0 Å². The van der Waals surface area contributed by atoms with Gasteiger partial charge in [0.15, 0.2) is 0 Å². The average molecular weight is 251 g/mol. The van der Waals surface area contributed by atoms with Crippen molar-refractivity contribution in [1.82, 2.24) is 5.32 Å². The second-order valence-corrected chi connectivity index (χ2v) is 4.80. The van der Waals surface area contributed by atoms with E-state index in [2.05, 4.69) is 5.32 Å². The van der Waals surface area contributed by atoms with E-state index < -0.39 is 10.5 Å². The van der Waals surface area contributed by atoms with Gasteiger partial charge in [0.25, 0.3) is 11.6 Å². The molecule has 0 saturated heterocycles. The highest BCUT2D eigenvalue weighted by Gasteiger charge is 2.21. The summed E-state index contributed by atoms with van der Waals surface area (Å²) >= 11 is 0. The number of nitrogens with one attached hydrogen (secondary N) is 1. The molecule has 1 aromatic carbocycles. The van der Waals surface area contributed by atoms with Crippen LogP contribution in [-0.2, 0) is 0 Å². The third-order valence-electron chi connectivity index (χ3n) is 2.64. The largest absolute Gasteiger partial charge is 0.346 e. The Hall–Kier alpha value is -1.95. The number of carbonyl (C=O) groups is 1. The van der Waals surface area contributed by atoms with Crippen LogP contribution in [0.1, 0.15) is 29.8 Å². The number of nitro groups is 1. The Bertz CT molecular complexity index is 483. The molecule has 0 bridgehead atoms. The van der Waals surface area contributed by atoms with Crippen LogP contribution in [0.2, 0.25) is 0 Å². The molecule has 0 radical (unpaired) electrons. The molecule has 0 aliphatic heterocycles. The fourth-order valence-electron chi connectivity index (χ4n) is 1.39. The third kappa shape index (κ3) is 3.27. The fourth-order valence-corrected chi connectivity index (χ4v) is 1.39. The second kappa shape index (κ2) is 5.14. The predicted octanol–water partition coefficient (Wildman–Crippen LogP) is 1.37. The normalized spacial score (nSPS) is 11.1. The Labute approximate surface area is 105 Å². The fraction of sp³-hybridized carbons (Fsp3) is 0.417. The highest BCUT2D eigenvalue weighted by Crippen LogP contribution is 2.18. The van der Waals surface area contributed by atoms with Crippen LogP contribution in [0.4, 0.5) is 5.69 Å². The van der Waals surface area contributed by atoms with E-state index in [-0.39, 0.29) is 18.1 Å². The molecule has 0 heterocycles. The first-order valence-electron chi connectivity index (χ1n) is 5.54. The smallest absolute Gasteiger partial charge is 0.270 e. The van der Waals surface area contributed by atoms with Crippen LogP contribution in [0.3, 0.4) is 0 Å². The summed E-state index contributed by atoms with van der Waals surface area (Å²) in [6.07, 6.45) is 0. The molecule has 0 fully saturated rings. The van der Waals surface area contributed by atoms with Crippen molar-refractivity contribution < 1.29 is 9.72 Å². The molecular weight excluding hydrogens is 234 g/mol. The van der Waals surface area contributed by atoms with Gasteiger partial charge in [-0.1, -0.05) is 6.07 Å². The summed E-state index contributed by atoms with van der Waals surface area (Å²) in [5.74, 6) is -0.355. The molecule has 0 atom stereocenters. The molecule has 1 rings (SSSR count). The molecule has 6 nitrogen and oxygen atoms in total. The molecule has 0 unspecified atom stereocenters. The predicted molar refractivity (Wildman–Crippen MR) is 68.4 cm³/mol. The summed E-state index contributed by atoms with van der Waals surface area (Å²) in [6.45, 7) is 5.59. The van der Waals surface area contributed by atoms with E-state index in [4.69, 9.17) is 5.73 Å². The van der Waals surface area contributed by atoms with E-state index in [1.54, 1.807) is 26.8 Å². The number of benzene rings is 1. The number of carbonyl (C=O) groups excluding carboxylic acids is 1. The molecule has 0 aliphatic rings.